The molecular formula is C35H27N2OS+. The van der Waals surface area contributed by atoms with E-state index in [2.05, 4.69) is 111 Å². The number of hydrogen-bond acceptors (Lipinski definition) is 3. The first-order chi connectivity index (χ1) is 18.9. The van der Waals surface area contributed by atoms with Gasteiger partial charge in [0.15, 0.2) is 6.20 Å². The highest BCUT2D eigenvalue weighted by atomic mass is 32.2. The zero-order valence-corrected chi connectivity index (χ0v) is 23.2. The maximum Gasteiger partial charge on any atom is 0.216 e. The highest BCUT2D eigenvalue weighted by Crippen LogP contribution is 2.50. The Balaban J connectivity index is 1.51. The Morgan fingerprint density at radius 3 is 2.31 bits per heavy atom. The lowest BCUT2D eigenvalue weighted by Gasteiger charge is -2.34. The van der Waals surface area contributed by atoms with Crippen molar-refractivity contribution in [2.75, 3.05) is 0 Å². The van der Waals surface area contributed by atoms with Crippen molar-refractivity contribution < 1.29 is 8.98 Å². The van der Waals surface area contributed by atoms with Gasteiger partial charge < -0.3 is 4.42 Å². The number of furan rings is 1. The smallest absolute Gasteiger partial charge is 0.216 e. The van der Waals surface area contributed by atoms with Crippen LogP contribution in [-0.4, -0.2) is 0 Å². The molecule has 0 radical (unpaired) electrons. The molecule has 4 heteroatoms. The molecule has 0 saturated carbocycles. The fourth-order valence-electron chi connectivity index (χ4n) is 6.08. The number of fused-ring (bicyclic) bond motifs is 5. The standard InChI is InChI=1S/C35H27N2OS/c1-21-12-15-24-25-16-13-23(20-36)32(34(25)38-33(24)31(21)28-10-7-8-18-37(28)4)22-14-17-30-27(19-22)35(2,3)26-9-5-6-11-29(26)39-30/h5-19H,1-4H3/q+1. The monoisotopic (exact) mass is 523 g/mol. The summed E-state index contributed by atoms with van der Waals surface area (Å²) in [6.07, 6.45) is 2.06. The quantitative estimate of drug-likeness (QED) is 0.213. The van der Waals surface area contributed by atoms with Crippen LogP contribution < -0.4 is 4.57 Å². The van der Waals surface area contributed by atoms with Crippen LogP contribution in [0.3, 0.4) is 0 Å². The van der Waals surface area contributed by atoms with Crippen molar-refractivity contribution in [3.63, 3.8) is 0 Å². The number of aryl methyl sites for hydroxylation is 2. The third-order valence-corrected chi connectivity index (χ3v) is 9.32. The normalized spacial score (nSPS) is 13.7. The molecule has 2 aromatic heterocycles. The van der Waals surface area contributed by atoms with Crippen molar-refractivity contribution in [1.29, 1.82) is 5.26 Å². The van der Waals surface area contributed by atoms with E-state index in [1.54, 1.807) is 0 Å². The molecule has 0 atom stereocenters. The lowest BCUT2D eigenvalue weighted by atomic mass is 9.76. The first-order valence-electron chi connectivity index (χ1n) is 13.1. The Morgan fingerprint density at radius 1 is 0.795 bits per heavy atom. The lowest BCUT2D eigenvalue weighted by molar-refractivity contribution is -0.660. The van der Waals surface area contributed by atoms with Crippen LogP contribution in [0, 0.1) is 18.3 Å². The Bertz CT molecular complexity index is 2010. The van der Waals surface area contributed by atoms with E-state index in [1.807, 2.05) is 30.0 Å². The summed E-state index contributed by atoms with van der Waals surface area (Å²) in [7, 11) is 2.06. The zero-order valence-electron chi connectivity index (χ0n) is 22.4. The van der Waals surface area contributed by atoms with Crippen LogP contribution in [-0.2, 0) is 12.5 Å². The molecule has 6 aromatic rings. The maximum absolute atomic E-state index is 10.2. The van der Waals surface area contributed by atoms with E-state index in [0.29, 0.717) is 5.56 Å². The van der Waals surface area contributed by atoms with Crippen LogP contribution in [0.15, 0.2) is 105 Å². The van der Waals surface area contributed by atoms with Crippen molar-refractivity contribution in [1.82, 2.24) is 0 Å². The van der Waals surface area contributed by atoms with Crippen LogP contribution in [0.2, 0.25) is 0 Å². The molecule has 0 saturated heterocycles. The van der Waals surface area contributed by atoms with E-state index in [0.717, 1.165) is 49.9 Å². The molecule has 0 unspecified atom stereocenters. The summed E-state index contributed by atoms with van der Waals surface area (Å²) in [5.74, 6) is 0. The number of hydrogen-bond donors (Lipinski definition) is 0. The molecule has 0 spiro atoms. The van der Waals surface area contributed by atoms with Gasteiger partial charge in [0.25, 0.3) is 0 Å². The van der Waals surface area contributed by atoms with E-state index in [9.17, 15) is 5.26 Å². The Hall–Kier alpha value is -4.33. The molecule has 39 heavy (non-hydrogen) atoms. The van der Waals surface area contributed by atoms with Gasteiger partial charge in [-0.25, -0.2) is 4.57 Å². The first kappa shape index (κ1) is 23.8. The van der Waals surface area contributed by atoms with Gasteiger partial charge in [0.2, 0.25) is 5.69 Å². The van der Waals surface area contributed by atoms with Crippen molar-refractivity contribution >= 4 is 33.7 Å². The SMILES string of the molecule is Cc1ccc2c(oc3c(-c4ccc5c(c4)C(C)(C)c4ccccc4S5)c(C#N)ccc32)c1-c1cccc[n+]1C. The molecular weight excluding hydrogens is 496 g/mol. The van der Waals surface area contributed by atoms with Crippen LogP contribution in [0.4, 0.5) is 0 Å². The summed E-state index contributed by atoms with van der Waals surface area (Å²) in [4.78, 5) is 2.56. The summed E-state index contributed by atoms with van der Waals surface area (Å²) >= 11 is 1.82. The van der Waals surface area contributed by atoms with Gasteiger partial charge >= 0.3 is 0 Å². The maximum atomic E-state index is 10.2. The van der Waals surface area contributed by atoms with Gasteiger partial charge in [0, 0.05) is 43.7 Å². The Morgan fingerprint density at radius 2 is 1.51 bits per heavy atom. The molecule has 7 rings (SSSR count). The van der Waals surface area contributed by atoms with Gasteiger partial charge in [0.1, 0.15) is 18.2 Å². The highest BCUT2D eigenvalue weighted by molar-refractivity contribution is 7.99. The van der Waals surface area contributed by atoms with E-state index in [1.165, 1.54) is 20.9 Å². The van der Waals surface area contributed by atoms with E-state index in [-0.39, 0.29) is 5.41 Å². The molecule has 0 fully saturated rings. The Labute approximate surface area is 232 Å². The molecule has 188 valence electrons. The molecule has 0 amide bonds. The van der Waals surface area contributed by atoms with Gasteiger partial charge in [-0.1, -0.05) is 62.0 Å². The van der Waals surface area contributed by atoms with Crippen LogP contribution in [0.25, 0.3) is 44.3 Å². The molecule has 0 bridgehead atoms. The van der Waals surface area contributed by atoms with Gasteiger partial charge in [-0.2, -0.15) is 5.26 Å². The number of rotatable bonds is 2. The van der Waals surface area contributed by atoms with Gasteiger partial charge in [0.05, 0.1) is 17.2 Å². The van der Waals surface area contributed by atoms with Crippen LogP contribution in [0.1, 0.15) is 36.1 Å². The third kappa shape index (κ3) is 3.47. The van der Waals surface area contributed by atoms with Gasteiger partial charge in [-0.15, -0.1) is 0 Å². The minimum Gasteiger partial charge on any atom is -0.454 e. The van der Waals surface area contributed by atoms with E-state index >= 15 is 0 Å². The third-order valence-electron chi connectivity index (χ3n) is 8.17. The van der Waals surface area contributed by atoms with E-state index in [4.69, 9.17) is 4.42 Å². The zero-order chi connectivity index (χ0) is 26.9. The van der Waals surface area contributed by atoms with Crippen LogP contribution in [0.5, 0.6) is 0 Å². The van der Waals surface area contributed by atoms with Gasteiger partial charge in [-0.3, -0.25) is 0 Å². The summed E-state index contributed by atoms with van der Waals surface area (Å²) in [6, 6.07) is 32.2. The number of aromatic nitrogens is 1. The molecule has 0 N–H and O–H groups in total. The summed E-state index contributed by atoms with van der Waals surface area (Å²) < 4.78 is 8.91. The molecule has 3 nitrogen and oxygen atoms in total. The average Bonchev–Trinajstić information content (AvgIpc) is 3.31. The summed E-state index contributed by atoms with van der Waals surface area (Å²) in [5.41, 5.74) is 9.86. The van der Waals surface area contributed by atoms with Crippen molar-refractivity contribution in [2.45, 2.75) is 36.0 Å². The fraction of sp³-hybridized carbons (Fsp3) is 0.143. The number of nitrogens with zero attached hydrogens (tertiary/aromatic N) is 2. The largest absolute Gasteiger partial charge is 0.454 e. The summed E-state index contributed by atoms with van der Waals surface area (Å²) in [5, 5.41) is 12.3. The van der Waals surface area contributed by atoms with Crippen molar-refractivity contribution in [3.05, 3.63) is 113 Å². The minimum atomic E-state index is -0.159. The topological polar surface area (TPSA) is 40.8 Å². The van der Waals surface area contributed by atoms with Crippen molar-refractivity contribution in [2.24, 2.45) is 7.05 Å². The molecule has 0 aliphatic carbocycles. The molecule has 3 heterocycles. The second-order valence-electron chi connectivity index (χ2n) is 10.8. The predicted molar refractivity (Wildman–Crippen MR) is 158 cm³/mol. The van der Waals surface area contributed by atoms with Crippen molar-refractivity contribution in [3.8, 4) is 28.5 Å². The molecule has 4 aromatic carbocycles. The average molecular weight is 524 g/mol. The Kier molecular flexibility index (Phi) is 5.24. The van der Waals surface area contributed by atoms with Crippen LogP contribution >= 0.6 is 11.8 Å². The highest BCUT2D eigenvalue weighted by Gasteiger charge is 2.33. The minimum absolute atomic E-state index is 0.159. The van der Waals surface area contributed by atoms with E-state index < -0.39 is 0 Å². The predicted octanol–water partition coefficient (Wildman–Crippen LogP) is 8.72. The first-order valence-corrected chi connectivity index (χ1v) is 14.0. The number of nitriles is 1. The number of pyridine rings is 1. The second kappa shape index (κ2) is 8.59. The fourth-order valence-corrected chi connectivity index (χ4v) is 7.46. The lowest BCUT2D eigenvalue weighted by Crippen LogP contribution is -2.30. The summed E-state index contributed by atoms with van der Waals surface area (Å²) in [6.45, 7) is 6.70. The van der Waals surface area contributed by atoms with Gasteiger partial charge in [-0.05, 0) is 65.6 Å². The molecule has 1 aliphatic heterocycles. The second-order valence-corrected chi connectivity index (χ2v) is 11.9. The number of benzene rings is 4. The molecule has 1 aliphatic rings.